The predicted octanol–water partition coefficient (Wildman–Crippen LogP) is 2.01. The Balaban J connectivity index is 2.35. The Morgan fingerprint density at radius 3 is 3.31 bits per heavy atom. The highest BCUT2D eigenvalue weighted by Crippen LogP contribution is 2.28. The van der Waals surface area contributed by atoms with Crippen molar-refractivity contribution in [1.82, 2.24) is 4.57 Å². The van der Waals surface area contributed by atoms with Crippen molar-refractivity contribution < 1.29 is 0 Å². The molecule has 0 amide bonds. The monoisotopic (exact) mass is 176 g/mol. The number of hydrogen-bond donors (Lipinski definition) is 1. The lowest BCUT2D eigenvalue weighted by atomic mass is 9.94. The van der Waals surface area contributed by atoms with Crippen LogP contribution in [0.2, 0.25) is 0 Å². The zero-order valence-electron chi connectivity index (χ0n) is 7.87. The van der Waals surface area contributed by atoms with Crippen molar-refractivity contribution in [1.29, 1.82) is 0 Å². The molecule has 1 aromatic rings. The Bertz CT molecular complexity index is 312. The van der Waals surface area contributed by atoms with Crippen LogP contribution in [-0.4, -0.2) is 4.57 Å². The van der Waals surface area contributed by atoms with Gasteiger partial charge in [0.1, 0.15) is 0 Å². The zero-order chi connectivity index (χ0) is 9.26. The highest BCUT2D eigenvalue weighted by Gasteiger charge is 2.19. The number of nitrogens with two attached hydrogens (primary N) is 1. The lowest BCUT2D eigenvalue weighted by molar-refractivity contribution is 0.549. The van der Waals surface area contributed by atoms with Crippen LogP contribution in [0.15, 0.2) is 24.9 Å². The van der Waals surface area contributed by atoms with Gasteiger partial charge in [-0.1, -0.05) is 6.08 Å². The average molecular weight is 176 g/mol. The smallest absolute Gasteiger partial charge is 0.0400 e. The molecule has 2 N–H and O–H groups in total. The standard InChI is InChI=1S/C11H16N2/c1-2-7-13-8-6-9-10(12)4-3-5-11(9)13/h2,6,8,10H,1,3-5,7,12H2. The number of allylic oxidation sites excluding steroid dienone is 1. The minimum Gasteiger partial charge on any atom is -0.347 e. The van der Waals surface area contributed by atoms with Gasteiger partial charge in [-0.05, 0) is 30.9 Å². The molecule has 0 saturated heterocycles. The highest BCUT2D eigenvalue weighted by atomic mass is 15.0. The van der Waals surface area contributed by atoms with Crippen molar-refractivity contribution in [3.05, 3.63) is 36.2 Å². The van der Waals surface area contributed by atoms with Crippen LogP contribution in [0.1, 0.15) is 30.1 Å². The molecular formula is C11H16N2. The lowest BCUT2D eigenvalue weighted by Gasteiger charge is -2.20. The van der Waals surface area contributed by atoms with E-state index in [0.29, 0.717) is 0 Å². The van der Waals surface area contributed by atoms with Gasteiger partial charge >= 0.3 is 0 Å². The average Bonchev–Trinajstić information content (AvgIpc) is 2.51. The first-order chi connectivity index (χ1) is 6.33. The van der Waals surface area contributed by atoms with Crippen molar-refractivity contribution in [3.63, 3.8) is 0 Å². The summed E-state index contributed by atoms with van der Waals surface area (Å²) in [7, 11) is 0. The summed E-state index contributed by atoms with van der Waals surface area (Å²) in [6, 6.07) is 2.41. The molecule has 2 nitrogen and oxygen atoms in total. The molecule has 1 aliphatic rings. The molecule has 13 heavy (non-hydrogen) atoms. The molecule has 2 rings (SSSR count). The van der Waals surface area contributed by atoms with E-state index in [9.17, 15) is 0 Å². The third-order valence-electron chi connectivity index (χ3n) is 2.77. The summed E-state index contributed by atoms with van der Waals surface area (Å²) in [5, 5.41) is 0. The van der Waals surface area contributed by atoms with Gasteiger partial charge in [-0.2, -0.15) is 0 Å². The first-order valence-electron chi connectivity index (χ1n) is 4.87. The topological polar surface area (TPSA) is 30.9 Å². The molecule has 70 valence electrons. The molecule has 0 fully saturated rings. The molecule has 1 aromatic heterocycles. The van der Waals surface area contributed by atoms with Gasteiger partial charge in [0.25, 0.3) is 0 Å². The Hall–Kier alpha value is -1.02. The predicted molar refractivity (Wildman–Crippen MR) is 54.5 cm³/mol. The Morgan fingerprint density at radius 1 is 1.69 bits per heavy atom. The van der Waals surface area contributed by atoms with E-state index in [2.05, 4.69) is 23.4 Å². The second-order valence-electron chi connectivity index (χ2n) is 3.66. The summed E-state index contributed by atoms with van der Waals surface area (Å²) in [5.74, 6) is 0. The fourth-order valence-electron chi connectivity index (χ4n) is 2.10. The van der Waals surface area contributed by atoms with Crippen molar-refractivity contribution >= 4 is 0 Å². The minimum atomic E-state index is 0.259. The van der Waals surface area contributed by atoms with Gasteiger partial charge in [-0.15, -0.1) is 6.58 Å². The third-order valence-corrected chi connectivity index (χ3v) is 2.77. The fourth-order valence-corrected chi connectivity index (χ4v) is 2.10. The van der Waals surface area contributed by atoms with E-state index < -0.39 is 0 Å². The van der Waals surface area contributed by atoms with E-state index in [0.717, 1.165) is 13.0 Å². The van der Waals surface area contributed by atoms with E-state index in [4.69, 9.17) is 5.73 Å². The first-order valence-corrected chi connectivity index (χ1v) is 4.87. The SMILES string of the molecule is C=CCn1ccc2c1CCCC2N. The van der Waals surface area contributed by atoms with E-state index in [-0.39, 0.29) is 6.04 Å². The number of nitrogens with zero attached hydrogens (tertiary/aromatic N) is 1. The third kappa shape index (κ3) is 1.42. The van der Waals surface area contributed by atoms with Crippen molar-refractivity contribution in [2.75, 3.05) is 0 Å². The maximum absolute atomic E-state index is 6.02. The number of fused-ring (bicyclic) bond motifs is 1. The first kappa shape index (κ1) is 8.57. The molecule has 0 aromatic carbocycles. The van der Waals surface area contributed by atoms with E-state index in [1.165, 1.54) is 24.1 Å². The van der Waals surface area contributed by atoms with E-state index >= 15 is 0 Å². The van der Waals surface area contributed by atoms with Crippen LogP contribution >= 0.6 is 0 Å². The molecule has 1 heterocycles. The molecule has 0 bridgehead atoms. The maximum Gasteiger partial charge on any atom is 0.0400 e. The summed E-state index contributed by atoms with van der Waals surface area (Å²) in [4.78, 5) is 0. The molecule has 1 unspecified atom stereocenters. The van der Waals surface area contributed by atoms with Crippen molar-refractivity contribution in [3.8, 4) is 0 Å². The van der Waals surface area contributed by atoms with Gasteiger partial charge in [0.05, 0.1) is 0 Å². The number of aromatic nitrogens is 1. The van der Waals surface area contributed by atoms with Gasteiger partial charge in [0.2, 0.25) is 0 Å². The normalized spacial score (nSPS) is 21.2. The summed E-state index contributed by atoms with van der Waals surface area (Å²) in [6.45, 7) is 4.66. The minimum absolute atomic E-state index is 0.259. The second-order valence-corrected chi connectivity index (χ2v) is 3.66. The maximum atomic E-state index is 6.02. The Labute approximate surface area is 79.0 Å². The molecule has 0 aliphatic heterocycles. The molecule has 0 spiro atoms. The zero-order valence-corrected chi connectivity index (χ0v) is 7.87. The number of rotatable bonds is 2. The van der Waals surface area contributed by atoms with Crippen LogP contribution in [-0.2, 0) is 13.0 Å². The van der Waals surface area contributed by atoms with E-state index in [1.807, 2.05) is 6.08 Å². The van der Waals surface area contributed by atoms with Gasteiger partial charge < -0.3 is 10.3 Å². The van der Waals surface area contributed by atoms with Gasteiger partial charge in [-0.25, -0.2) is 0 Å². The molecule has 0 radical (unpaired) electrons. The largest absolute Gasteiger partial charge is 0.347 e. The van der Waals surface area contributed by atoms with Crippen LogP contribution in [0.25, 0.3) is 0 Å². The van der Waals surface area contributed by atoms with Gasteiger partial charge in [0, 0.05) is 24.5 Å². The summed E-state index contributed by atoms with van der Waals surface area (Å²) < 4.78 is 2.25. The molecular weight excluding hydrogens is 160 g/mol. The highest BCUT2D eigenvalue weighted by molar-refractivity contribution is 5.28. The van der Waals surface area contributed by atoms with Crippen molar-refractivity contribution in [2.45, 2.75) is 31.8 Å². The van der Waals surface area contributed by atoms with Crippen LogP contribution in [0, 0.1) is 0 Å². The van der Waals surface area contributed by atoms with Crippen molar-refractivity contribution in [2.24, 2.45) is 5.73 Å². The van der Waals surface area contributed by atoms with E-state index in [1.54, 1.807) is 0 Å². The molecule has 1 atom stereocenters. The van der Waals surface area contributed by atoms with Crippen LogP contribution < -0.4 is 5.73 Å². The van der Waals surface area contributed by atoms with Gasteiger partial charge in [0.15, 0.2) is 0 Å². The second kappa shape index (κ2) is 3.38. The molecule has 1 aliphatic carbocycles. The Kier molecular flexibility index (Phi) is 2.23. The van der Waals surface area contributed by atoms with Crippen LogP contribution in [0.3, 0.4) is 0 Å². The molecule has 0 saturated carbocycles. The van der Waals surface area contributed by atoms with Gasteiger partial charge in [-0.3, -0.25) is 0 Å². The summed E-state index contributed by atoms with van der Waals surface area (Å²) in [6.07, 6.45) is 7.57. The molecule has 2 heteroatoms. The summed E-state index contributed by atoms with van der Waals surface area (Å²) >= 11 is 0. The van der Waals surface area contributed by atoms with Crippen LogP contribution in [0.4, 0.5) is 0 Å². The summed E-state index contributed by atoms with van der Waals surface area (Å²) in [5.41, 5.74) is 8.77. The van der Waals surface area contributed by atoms with Crippen LogP contribution in [0.5, 0.6) is 0 Å². The quantitative estimate of drug-likeness (QED) is 0.687. The lowest BCUT2D eigenvalue weighted by Crippen LogP contribution is -2.18. The Morgan fingerprint density at radius 2 is 2.54 bits per heavy atom. The fraction of sp³-hybridized carbons (Fsp3) is 0.455. The number of hydrogen-bond acceptors (Lipinski definition) is 1.